The first-order valence-corrected chi connectivity index (χ1v) is 25.5. The lowest BCUT2D eigenvalue weighted by Crippen LogP contribution is -2.32. The number of allylic oxidation sites excluding steroid dienone is 2. The van der Waals surface area contributed by atoms with Crippen molar-refractivity contribution in [3.63, 3.8) is 0 Å². The van der Waals surface area contributed by atoms with Gasteiger partial charge in [-0.15, -0.1) is 11.3 Å². The van der Waals surface area contributed by atoms with Gasteiger partial charge in [-0.2, -0.15) is 0 Å². The van der Waals surface area contributed by atoms with Crippen LogP contribution in [0.5, 0.6) is 0 Å². The van der Waals surface area contributed by atoms with Gasteiger partial charge in [0.1, 0.15) is 11.2 Å². The Labute approximate surface area is 415 Å². The molecule has 3 heterocycles. The molecule has 3 aliphatic carbocycles. The molecule has 0 fully saturated rings. The lowest BCUT2D eigenvalue weighted by Gasteiger charge is -2.36. The van der Waals surface area contributed by atoms with Gasteiger partial charge >= 0.3 is 0 Å². The molecule has 16 rings (SSSR count). The Balaban J connectivity index is 0.948. The normalized spacial score (nSPS) is 15.7. The van der Waals surface area contributed by atoms with Crippen LogP contribution in [-0.2, 0) is 5.41 Å². The zero-order valence-electron chi connectivity index (χ0n) is 38.5. The van der Waals surface area contributed by atoms with Crippen LogP contribution in [0, 0.1) is 0 Å². The zero-order chi connectivity index (χ0) is 46.4. The van der Waals surface area contributed by atoms with Gasteiger partial charge in [0.15, 0.2) is 0 Å². The van der Waals surface area contributed by atoms with E-state index in [-0.39, 0.29) is 6.04 Å². The summed E-state index contributed by atoms with van der Waals surface area (Å²) in [5.41, 5.74) is 22.8. The van der Waals surface area contributed by atoms with Gasteiger partial charge in [-0.25, -0.2) is 0 Å². The quantitative estimate of drug-likeness (QED) is 0.171. The maximum atomic E-state index is 6.88. The first-order valence-electron chi connectivity index (χ1n) is 24.7. The van der Waals surface area contributed by atoms with Crippen molar-refractivity contribution in [2.24, 2.45) is 0 Å². The molecule has 1 spiro atoms. The lowest BCUT2D eigenvalue weighted by molar-refractivity contribution is 0.669. The smallest absolute Gasteiger partial charge is 0.138 e. The third-order valence-electron chi connectivity index (χ3n) is 16.0. The van der Waals surface area contributed by atoms with Crippen molar-refractivity contribution in [1.82, 2.24) is 0 Å². The Morgan fingerprint density at radius 3 is 1.90 bits per heavy atom. The molecule has 0 bridgehead atoms. The average Bonchev–Trinajstić information content (AvgIpc) is 4.23. The number of furan rings is 1. The number of rotatable bonds is 5. The molecule has 71 heavy (non-hydrogen) atoms. The molecule has 0 N–H and O–H groups in total. The summed E-state index contributed by atoms with van der Waals surface area (Å²) in [7, 11) is 0. The number of thiophene rings is 1. The first kappa shape index (κ1) is 39.2. The number of hydrogen-bond acceptors (Lipinski definition) is 4. The second-order valence-electron chi connectivity index (χ2n) is 19.4. The zero-order valence-corrected chi connectivity index (χ0v) is 39.3. The monoisotopic (exact) mass is 922 g/mol. The van der Waals surface area contributed by atoms with Gasteiger partial charge in [-0.3, -0.25) is 0 Å². The van der Waals surface area contributed by atoms with E-state index < -0.39 is 5.41 Å². The molecule has 2 aromatic heterocycles. The fraction of sp³-hybridized carbons (Fsp3) is 0.0448. The molecule has 12 aromatic rings. The van der Waals surface area contributed by atoms with Gasteiger partial charge in [0, 0.05) is 77.2 Å². The third-order valence-corrected chi connectivity index (χ3v) is 17.1. The topological polar surface area (TPSA) is 19.6 Å². The molecule has 1 unspecified atom stereocenters. The molecule has 4 aliphatic rings. The fourth-order valence-electron chi connectivity index (χ4n) is 13.3. The van der Waals surface area contributed by atoms with Gasteiger partial charge in [-0.05, 0) is 105 Å². The molecule has 0 saturated heterocycles. The van der Waals surface area contributed by atoms with Crippen LogP contribution in [0.15, 0.2) is 247 Å². The summed E-state index contributed by atoms with van der Waals surface area (Å²) in [4.78, 5) is 5.16. The number of nitrogens with zero attached hydrogens (tertiary/aromatic N) is 2. The highest BCUT2D eigenvalue weighted by molar-refractivity contribution is 7.25. The number of hydrogen-bond donors (Lipinski definition) is 0. The van der Waals surface area contributed by atoms with Crippen LogP contribution in [0.2, 0.25) is 0 Å². The van der Waals surface area contributed by atoms with Crippen molar-refractivity contribution in [3.8, 4) is 33.4 Å². The molecule has 1 atom stereocenters. The van der Waals surface area contributed by atoms with Crippen molar-refractivity contribution < 1.29 is 4.42 Å². The maximum absolute atomic E-state index is 6.88. The van der Waals surface area contributed by atoms with E-state index in [1.165, 1.54) is 104 Å². The van der Waals surface area contributed by atoms with Gasteiger partial charge in [-0.1, -0.05) is 176 Å². The van der Waals surface area contributed by atoms with Crippen LogP contribution >= 0.6 is 11.3 Å². The third kappa shape index (κ3) is 5.27. The Morgan fingerprint density at radius 2 is 1.11 bits per heavy atom. The van der Waals surface area contributed by atoms with Crippen molar-refractivity contribution in [3.05, 3.63) is 270 Å². The molecule has 0 radical (unpaired) electrons. The highest BCUT2D eigenvalue weighted by Crippen LogP contribution is 2.65. The van der Waals surface area contributed by atoms with E-state index in [0.717, 1.165) is 39.7 Å². The molecule has 332 valence electrons. The predicted octanol–water partition coefficient (Wildman–Crippen LogP) is 18.0. The van der Waals surface area contributed by atoms with Crippen LogP contribution in [0.3, 0.4) is 0 Å². The predicted molar refractivity (Wildman–Crippen MR) is 296 cm³/mol. The Kier molecular flexibility index (Phi) is 8.09. The summed E-state index contributed by atoms with van der Waals surface area (Å²) >= 11 is 1.87. The molecule has 1 aliphatic heterocycles. The van der Waals surface area contributed by atoms with Crippen molar-refractivity contribution in [2.75, 3.05) is 9.80 Å². The largest absolute Gasteiger partial charge is 0.456 e. The molecule has 10 aromatic carbocycles. The van der Waals surface area contributed by atoms with E-state index in [1.54, 1.807) is 0 Å². The van der Waals surface area contributed by atoms with Crippen LogP contribution in [0.25, 0.3) is 81.1 Å². The number of benzene rings is 10. The Morgan fingerprint density at radius 1 is 0.479 bits per heavy atom. The lowest BCUT2D eigenvalue weighted by atomic mass is 9.70. The van der Waals surface area contributed by atoms with E-state index in [2.05, 4.69) is 246 Å². The second-order valence-corrected chi connectivity index (χ2v) is 20.5. The molecule has 3 nitrogen and oxygen atoms in total. The van der Waals surface area contributed by atoms with Gasteiger partial charge in [0.2, 0.25) is 0 Å². The van der Waals surface area contributed by atoms with E-state index in [1.807, 2.05) is 11.3 Å². The van der Waals surface area contributed by atoms with Gasteiger partial charge in [0.05, 0.1) is 22.8 Å². The van der Waals surface area contributed by atoms with E-state index in [4.69, 9.17) is 4.42 Å². The highest BCUT2D eigenvalue weighted by atomic mass is 32.1. The van der Waals surface area contributed by atoms with E-state index >= 15 is 0 Å². The molecule has 4 heteroatoms. The van der Waals surface area contributed by atoms with Crippen LogP contribution < -0.4 is 9.80 Å². The second kappa shape index (κ2) is 14.7. The van der Waals surface area contributed by atoms with Crippen LogP contribution in [-0.4, -0.2) is 6.04 Å². The van der Waals surface area contributed by atoms with E-state index in [0.29, 0.717) is 0 Å². The van der Waals surface area contributed by atoms with Crippen molar-refractivity contribution in [1.29, 1.82) is 0 Å². The standard InChI is InChI=1S/C67H42N2OS/c1-3-18-42(19-4-1)68(56-31-17-30-55-64(56)49-25-9-14-29-54(49)67(55)52-27-12-7-22-45(52)46-23-8-13-28-53(46)67)44-35-37-50-57(39-44)69(43-20-5-2-6-21-43)58-40-60-66(51-26-10-15-32-59(51)70-60)63(65(50)58)41-34-36-48-47-24-11-16-33-61(47)71-62(48)38-41/h1-38,40,57H,39H2. The minimum absolute atomic E-state index is 0.00725. The summed E-state index contributed by atoms with van der Waals surface area (Å²) in [6.45, 7) is 0. The van der Waals surface area contributed by atoms with Crippen LogP contribution in [0.1, 0.15) is 34.2 Å². The summed E-state index contributed by atoms with van der Waals surface area (Å²) in [6.07, 6.45) is 5.63. The summed E-state index contributed by atoms with van der Waals surface area (Å²) in [5, 5.41) is 4.91. The van der Waals surface area contributed by atoms with E-state index in [9.17, 15) is 0 Å². The maximum Gasteiger partial charge on any atom is 0.138 e. The number of para-hydroxylation sites is 3. The number of fused-ring (bicyclic) bond motifs is 19. The SMILES string of the molecule is C1=C2c3c(cc4oc5ccccc5c4c3-c3ccc4c(c3)sc3ccccc34)N(c3ccccc3)C2CC(N(c2ccccc2)c2cccc3c2-c2ccccc2C32c3ccccc3-c3ccccc32)=C1. The summed E-state index contributed by atoms with van der Waals surface area (Å²) in [6, 6.07) is 83.2. The molecule has 0 saturated carbocycles. The summed E-state index contributed by atoms with van der Waals surface area (Å²) < 4.78 is 9.48. The van der Waals surface area contributed by atoms with Crippen molar-refractivity contribution in [2.45, 2.75) is 17.9 Å². The Bertz CT molecular complexity index is 4240. The first-order chi connectivity index (χ1) is 35.2. The Hall–Kier alpha value is -8.70. The van der Waals surface area contributed by atoms with Gasteiger partial charge < -0.3 is 14.2 Å². The highest BCUT2D eigenvalue weighted by Gasteiger charge is 2.52. The number of anilines is 4. The van der Waals surface area contributed by atoms with Crippen LogP contribution in [0.4, 0.5) is 22.7 Å². The van der Waals surface area contributed by atoms with Gasteiger partial charge in [0.25, 0.3) is 0 Å². The van der Waals surface area contributed by atoms with Crippen molar-refractivity contribution >= 4 is 81.8 Å². The molecule has 0 amide bonds. The summed E-state index contributed by atoms with van der Waals surface area (Å²) in [5.74, 6) is 0. The molecular weight excluding hydrogens is 881 g/mol. The average molecular weight is 923 g/mol. The minimum Gasteiger partial charge on any atom is -0.456 e. The fourth-order valence-corrected chi connectivity index (χ4v) is 14.4. The molecular formula is C67H42N2OS. The minimum atomic E-state index is -0.445.